The van der Waals surface area contributed by atoms with Gasteiger partial charge in [0.1, 0.15) is 0 Å². The van der Waals surface area contributed by atoms with Gasteiger partial charge in [0.2, 0.25) is 0 Å². The lowest BCUT2D eigenvalue weighted by atomic mass is 10.2. The zero-order chi connectivity index (χ0) is 17.6. The predicted octanol–water partition coefficient (Wildman–Crippen LogP) is 3.28. The molecule has 0 aliphatic heterocycles. The summed E-state index contributed by atoms with van der Waals surface area (Å²) < 4.78 is 10.6. The van der Waals surface area contributed by atoms with Crippen molar-refractivity contribution in [2.45, 2.75) is 39.7 Å². The highest BCUT2D eigenvalue weighted by Gasteiger charge is 2.03. The van der Waals surface area contributed by atoms with Crippen molar-refractivity contribution in [3.8, 4) is 11.5 Å². The summed E-state index contributed by atoms with van der Waals surface area (Å²) in [4.78, 5) is 4.53. The van der Waals surface area contributed by atoms with E-state index in [4.69, 9.17) is 9.47 Å². The van der Waals surface area contributed by atoms with Gasteiger partial charge in [-0.15, -0.1) is 24.0 Å². The van der Waals surface area contributed by atoms with Crippen molar-refractivity contribution in [2.75, 3.05) is 33.4 Å². The third-order valence-electron chi connectivity index (χ3n) is 3.41. The van der Waals surface area contributed by atoms with Crippen LogP contribution in [0.3, 0.4) is 0 Å². The minimum absolute atomic E-state index is 0. The van der Waals surface area contributed by atoms with Crippen LogP contribution in [0.25, 0.3) is 0 Å². The normalized spacial score (nSPS) is 10.9. The van der Waals surface area contributed by atoms with Gasteiger partial charge in [0.25, 0.3) is 0 Å². The Bertz CT molecular complexity index is 498. The van der Waals surface area contributed by atoms with Crippen LogP contribution < -0.4 is 15.4 Å². The van der Waals surface area contributed by atoms with E-state index in [1.54, 1.807) is 12.1 Å². The minimum Gasteiger partial charge on any atom is -0.504 e. The smallest absolute Gasteiger partial charge is 0.191 e. The quantitative estimate of drug-likeness (QED) is 0.203. The number of nitrogens with zero attached hydrogens (tertiary/aromatic N) is 1. The number of benzene rings is 1. The lowest BCUT2D eigenvalue weighted by molar-refractivity contribution is 0.129. The fourth-order valence-electron chi connectivity index (χ4n) is 2.08. The van der Waals surface area contributed by atoms with Crippen molar-refractivity contribution in [3.63, 3.8) is 0 Å². The van der Waals surface area contributed by atoms with Crippen molar-refractivity contribution in [3.05, 3.63) is 23.8 Å². The highest BCUT2D eigenvalue weighted by Crippen LogP contribution is 2.26. The molecule has 144 valence electrons. The Balaban J connectivity index is 0.00000576. The summed E-state index contributed by atoms with van der Waals surface area (Å²) in [5.41, 5.74) is 0.924. The number of phenols is 1. The highest BCUT2D eigenvalue weighted by atomic mass is 127. The molecular formula is C18H32IN3O3. The van der Waals surface area contributed by atoms with Gasteiger partial charge in [0.05, 0.1) is 13.7 Å². The molecule has 0 aliphatic rings. The van der Waals surface area contributed by atoms with E-state index in [1.165, 1.54) is 7.11 Å². The van der Waals surface area contributed by atoms with Crippen LogP contribution in [0.5, 0.6) is 11.5 Å². The van der Waals surface area contributed by atoms with E-state index in [-0.39, 0.29) is 29.7 Å². The number of phenolic OH excluding ortho intramolecular Hbond substituents is 1. The molecule has 1 rings (SSSR count). The van der Waals surface area contributed by atoms with Gasteiger partial charge >= 0.3 is 0 Å². The zero-order valence-electron chi connectivity index (χ0n) is 15.5. The maximum atomic E-state index is 9.80. The monoisotopic (exact) mass is 465 g/mol. The summed E-state index contributed by atoms with van der Waals surface area (Å²) in [7, 11) is 1.53. The molecule has 1 aromatic rings. The van der Waals surface area contributed by atoms with E-state index in [1.807, 2.05) is 13.0 Å². The largest absolute Gasteiger partial charge is 0.504 e. The number of halogens is 1. The molecule has 0 bridgehead atoms. The number of guanidine groups is 1. The van der Waals surface area contributed by atoms with Gasteiger partial charge in [-0.1, -0.05) is 19.4 Å². The number of aromatic hydroxyl groups is 1. The van der Waals surface area contributed by atoms with Crippen molar-refractivity contribution < 1.29 is 14.6 Å². The second kappa shape index (κ2) is 15.1. The Morgan fingerprint density at radius 3 is 2.56 bits per heavy atom. The zero-order valence-corrected chi connectivity index (χ0v) is 17.8. The number of hydrogen-bond acceptors (Lipinski definition) is 4. The molecule has 0 fully saturated rings. The summed E-state index contributed by atoms with van der Waals surface area (Å²) in [6.45, 7) is 7.89. The topological polar surface area (TPSA) is 75.1 Å². The third kappa shape index (κ3) is 10.4. The molecule has 0 spiro atoms. The number of unbranched alkanes of at least 4 members (excludes halogenated alkanes) is 1. The van der Waals surface area contributed by atoms with E-state index in [0.29, 0.717) is 12.3 Å². The van der Waals surface area contributed by atoms with Gasteiger partial charge in [0, 0.05) is 26.3 Å². The van der Waals surface area contributed by atoms with Crippen LogP contribution in [-0.2, 0) is 11.3 Å². The van der Waals surface area contributed by atoms with Gasteiger partial charge in [-0.25, -0.2) is 4.99 Å². The van der Waals surface area contributed by atoms with Crippen molar-refractivity contribution in [1.82, 2.24) is 10.6 Å². The summed E-state index contributed by atoms with van der Waals surface area (Å²) in [6.07, 6.45) is 3.22. The molecule has 0 saturated heterocycles. The van der Waals surface area contributed by atoms with Crippen molar-refractivity contribution in [2.24, 2.45) is 4.99 Å². The standard InChI is InChI=1S/C18H31N3O3.HI/c1-4-6-11-24-12-7-10-20-18(19-5-2)21-14-15-8-9-17(23-3)16(22)13-15;/h8-9,13,22H,4-7,10-12,14H2,1-3H3,(H2,19,20,21);1H. The predicted molar refractivity (Wildman–Crippen MR) is 113 cm³/mol. The number of aliphatic imine (C=N–C) groups is 1. The van der Waals surface area contributed by atoms with Gasteiger partial charge in [-0.2, -0.15) is 0 Å². The molecule has 0 atom stereocenters. The molecule has 3 N–H and O–H groups in total. The van der Waals surface area contributed by atoms with E-state index in [2.05, 4.69) is 22.5 Å². The molecule has 7 heteroatoms. The van der Waals surface area contributed by atoms with Crippen molar-refractivity contribution >= 4 is 29.9 Å². The Kier molecular flexibility index (Phi) is 14.3. The van der Waals surface area contributed by atoms with Gasteiger partial charge in [-0.3, -0.25) is 0 Å². The maximum absolute atomic E-state index is 9.80. The number of rotatable bonds is 11. The molecule has 0 aliphatic carbocycles. The summed E-state index contributed by atoms with van der Waals surface area (Å²) in [6, 6.07) is 5.31. The molecule has 0 saturated carbocycles. The fourth-order valence-corrected chi connectivity index (χ4v) is 2.08. The average molecular weight is 465 g/mol. The summed E-state index contributed by atoms with van der Waals surface area (Å²) in [5, 5.41) is 16.3. The van der Waals surface area contributed by atoms with Crippen LogP contribution in [-0.4, -0.2) is 44.5 Å². The molecule has 0 aromatic heterocycles. The lowest BCUT2D eigenvalue weighted by Gasteiger charge is -2.11. The number of methoxy groups -OCH3 is 1. The average Bonchev–Trinajstić information content (AvgIpc) is 2.59. The first-order chi connectivity index (χ1) is 11.7. The van der Waals surface area contributed by atoms with Crippen molar-refractivity contribution in [1.29, 1.82) is 0 Å². The van der Waals surface area contributed by atoms with Crippen LogP contribution in [0.15, 0.2) is 23.2 Å². The van der Waals surface area contributed by atoms with E-state index in [9.17, 15) is 5.11 Å². The van der Waals surface area contributed by atoms with E-state index in [0.717, 1.165) is 57.1 Å². The summed E-state index contributed by atoms with van der Waals surface area (Å²) in [5.74, 6) is 1.37. The number of hydrogen-bond donors (Lipinski definition) is 3. The lowest BCUT2D eigenvalue weighted by Crippen LogP contribution is -2.38. The molecular weight excluding hydrogens is 433 g/mol. The Hall–Kier alpha value is -1.22. The van der Waals surface area contributed by atoms with Crippen LogP contribution in [0.2, 0.25) is 0 Å². The second-order valence-corrected chi connectivity index (χ2v) is 5.45. The van der Waals surface area contributed by atoms with Gasteiger partial charge in [-0.05, 0) is 37.5 Å². The van der Waals surface area contributed by atoms with Crippen LogP contribution in [0.1, 0.15) is 38.7 Å². The Morgan fingerprint density at radius 1 is 1.16 bits per heavy atom. The highest BCUT2D eigenvalue weighted by molar-refractivity contribution is 14.0. The molecule has 1 aromatic carbocycles. The first-order valence-electron chi connectivity index (χ1n) is 8.67. The Morgan fingerprint density at radius 2 is 1.92 bits per heavy atom. The number of nitrogens with one attached hydrogen (secondary N) is 2. The third-order valence-corrected chi connectivity index (χ3v) is 3.41. The molecule has 0 amide bonds. The molecule has 0 heterocycles. The molecule has 0 radical (unpaired) electrons. The SMILES string of the molecule is CCCCOCCCNC(=NCc1ccc(OC)c(O)c1)NCC.I. The fraction of sp³-hybridized carbons (Fsp3) is 0.611. The first kappa shape index (κ1) is 23.8. The maximum Gasteiger partial charge on any atom is 0.191 e. The minimum atomic E-state index is 0. The Labute approximate surface area is 168 Å². The summed E-state index contributed by atoms with van der Waals surface area (Å²) >= 11 is 0. The van der Waals surface area contributed by atoms with Gasteiger partial charge < -0.3 is 25.2 Å². The second-order valence-electron chi connectivity index (χ2n) is 5.45. The van der Waals surface area contributed by atoms with Gasteiger partial charge in [0.15, 0.2) is 17.5 Å². The molecule has 6 nitrogen and oxygen atoms in total. The van der Waals surface area contributed by atoms with E-state index < -0.39 is 0 Å². The number of ether oxygens (including phenoxy) is 2. The van der Waals surface area contributed by atoms with E-state index >= 15 is 0 Å². The van der Waals surface area contributed by atoms with Crippen LogP contribution in [0.4, 0.5) is 0 Å². The molecule has 0 unspecified atom stereocenters. The first-order valence-corrected chi connectivity index (χ1v) is 8.67. The van der Waals surface area contributed by atoms with Crippen LogP contribution in [0, 0.1) is 0 Å². The van der Waals surface area contributed by atoms with Crippen LogP contribution >= 0.6 is 24.0 Å². The molecule has 25 heavy (non-hydrogen) atoms.